The van der Waals surface area contributed by atoms with Gasteiger partial charge in [0.1, 0.15) is 0 Å². The Morgan fingerprint density at radius 3 is 2.02 bits per heavy atom. The molecule has 0 aliphatic carbocycles. The van der Waals surface area contributed by atoms with Crippen LogP contribution in [0.5, 0.6) is 0 Å². The second kappa shape index (κ2) is 11.2. The van der Waals surface area contributed by atoms with Crippen LogP contribution in [0.3, 0.4) is 0 Å². The maximum absolute atomic E-state index is 4.39. The molecule has 3 aromatic heterocycles. The van der Waals surface area contributed by atoms with E-state index in [1.54, 1.807) is 0 Å². The molecule has 0 radical (unpaired) electrons. The predicted molar refractivity (Wildman–Crippen MR) is 209 cm³/mol. The first-order valence-corrected chi connectivity index (χ1v) is 17.4. The van der Waals surface area contributed by atoms with Crippen molar-refractivity contribution in [3.05, 3.63) is 176 Å². The van der Waals surface area contributed by atoms with Gasteiger partial charge in [-0.1, -0.05) is 103 Å². The number of hydrogen-bond donors (Lipinski definition) is 0. The molecule has 4 heteroatoms. The van der Waals surface area contributed by atoms with Gasteiger partial charge in [0.15, 0.2) is 0 Å². The van der Waals surface area contributed by atoms with Crippen molar-refractivity contribution < 1.29 is 0 Å². The number of rotatable bonds is 5. The van der Waals surface area contributed by atoms with Gasteiger partial charge in [0.25, 0.3) is 0 Å². The van der Waals surface area contributed by atoms with Crippen molar-refractivity contribution in [1.82, 2.24) is 9.55 Å². The van der Waals surface area contributed by atoms with E-state index in [0.717, 1.165) is 22.4 Å². The molecule has 7 aromatic carbocycles. The third-order valence-electron chi connectivity index (χ3n) is 9.66. The number of fused-ring (bicyclic) bond motifs is 8. The Bertz CT molecular complexity index is 2820. The van der Waals surface area contributed by atoms with Crippen LogP contribution in [0.2, 0.25) is 0 Å². The number of nitrogens with zero attached hydrogens (tertiary/aromatic N) is 3. The third-order valence-corrected chi connectivity index (χ3v) is 10.9. The van der Waals surface area contributed by atoms with Gasteiger partial charge in [-0.15, -0.1) is 11.3 Å². The molecule has 0 atom stereocenters. The Labute approximate surface area is 287 Å². The maximum atomic E-state index is 4.39. The summed E-state index contributed by atoms with van der Waals surface area (Å²) < 4.78 is 4.93. The highest BCUT2D eigenvalue weighted by Gasteiger charge is 2.21. The van der Waals surface area contributed by atoms with Gasteiger partial charge in [-0.05, 0) is 71.8 Å². The summed E-state index contributed by atoms with van der Waals surface area (Å²) in [6, 6.07) is 59.2. The lowest BCUT2D eigenvalue weighted by atomic mass is 10.0. The molecule has 0 aliphatic rings. The van der Waals surface area contributed by atoms with Crippen LogP contribution < -0.4 is 4.90 Å². The number of hydrogen-bond acceptors (Lipinski definition) is 3. The fraction of sp³-hybridized carbons (Fsp3) is 0. The highest BCUT2D eigenvalue weighted by molar-refractivity contribution is 7.27. The summed E-state index contributed by atoms with van der Waals surface area (Å²) >= 11 is 1.87. The monoisotopic (exact) mass is 643 g/mol. The third kappa shape index (κ3) is 4.46. The molecule has 0 saturated heterocycles. The lowest BCUT2D eigenvalue weighted by Crippen LogP contribution is -2.10. The largest absolute Gasteiger partial charge is 0.309 e. The van der Waals surface area contributed by atoms with Crippen molar-refractivity contribution in [2.75, 3.05) is 4.90 Å². The lowest BCUT2D eigenvalue weighted by molar-refractivity contribution is 1.18. The van der Waals surface area contributed by atoms with Gasteiger partial charge in [-0.2, -0.15) is 0 Å². The van der Waals surface area contributed by atoms with E-state index >= 15 is 0 Å². The molecular formula is C45H29N3S. The molecule has 0 unspecified atom stereocenters. The number of aromatic nitrogens is 2. The fourth-order valence-corrected chi connectivity index (χ4v) is 8.74. The smallest absolute Gasteiger partial charge is 0.0640 e. The quantitative estimate of drug-likeness (QED) is 0.186. The van der Waals surface area contributed by atoms with Gasteiger partial charge in [-0.3, -0.25) is 4.98 Å². The van der Waals surface area contributed by atoms with E-state index in [9.17, 15) is 0 Å². The summed E-state index contributed by atoms with van der Waals surface area (Å²) in [5.41, 5.74) is 9.37. The van der Waals surface area contributed by atoms with E-state index in [-0.39, 0.29) is 0 Å². The SMILES string of the molecule is c1ccc(-c2ccc(N(c3ccc4c(c3)c3ccccc3n4-c3ccccc3)c3cccc4c3sc3c5ccncc5ccc43)cc2)cc1. The van der Waals surface area contributed by atoms with Crippen LogP contribution in [0, 0.1) is 0 Å². The zero-order valence-electron chi connectivity index (χ0n) is 26.5. The molecule has 0 spiro atoms. The van der Waals surface area contributed by atoms with Gasteiger partial charge < -0.3 is 9.47 Å². The van der Waals surface area contributed by atoms with Crippen LogP contribution in [0.4, 0.5) is 17.1 Å². The van der Waals surface area contributed by atoms with E-state index in [1.165, 1.54) is 64.2 Å². The van der Waals surface area contributed by atoms with E-state index in [0.29, 0.717) is 0 Å². The second-order valence-corrected chi connectivity index (χ2v) is 13.5. The van der Waals surface area contributed by atoms with Crippen molar-refractivity contribution >= 4 is 81.1 Å². The molecule has 49 heavy (non-hydrogen) atoms. The van der Waals surface area contributed by atoms with Crippen molar-refractivity contribution in [3.63, 3.8) is 0 Å². The van der Waals surface area contributed by atoms with Crippen LogP contribution in [-0.2, 0) is 0 Å². The van der Waals surface area contributed by atoms with Gasteiger partial charge in [0.2, 0.25) is 0 Å². The van der Waals surface area contributed by atoms with Crippen molar-refractivity contribution in [3.8, 4) is 16.8 Å². The first-order valence-electron chi connectivity index (χ1n) is 16.5. The number of thiophene rings is 1. The van der Waals surface area contributed by atoms with E-state index in [4.69, 9.17) is 0 Å². The molecular weight excluding hydrogens is 615 g/mol. The minimum atomic E-state index is 1.12. The van der Waals surface area contributed by atoms with Crippen molar-refractivity contribution in [1.29, 1.82) is 0 Å². The van der Waals surface area contributed by atoms with Crippen molar-refractivity contribution in [2.24, 2.45) is 0 Å². The zero-order valence-corrected chi connectivity index (χ0v) is 27.3. The molecule has 3 nitrogen and oxygen atoms in total. The Hall–Kier alpha value is -6.23. The minimum absolute atomic E-state index is 1.12. The van der Waals surface area contributed by atoms with Gasteiger partial charge in [0.05, 0.1) is 21.4 Å². The van der Waals surface area contributed by atoms with Crippen LogP contribution in [0.15, 0.2) is 176 Å². The Kier molecular flexibility index (Phi) is 6.36. The summed E-state index contributed by atoms with van der Waals surface area (Å²) in [4.78, 5) is 6.82. The molecule has 10 rings (SSSR count). The number of pyridine rings is 1. The molecule has 0 amide bonds. The van der Waals surface area contributed by atoms with Crippen molar-refractivity contribution in [2.45, 2.75) is 0 Å². The number of para-hydroxylation sites is 2. The first kappa shape index (κ1) is 27.8. The minimum Gasteiger partial charge on any atom is -0.309 e. The molecule has 0 bridgehead atoms. The summed E-state index contributed by atoms with van der Waals surface area (Å²) in [7, 11) is 0. The highest BCUT2D eigenvalue weighted by atomic mass is 32.1. The van der Waals surface area contributed by atoms with Crippen LogP contribution in [0.1, 0.15) is 0 Å². The lowest BCUT2D eigenvalue weighted by Gasteiger charge is -2.26. The van der Waals surface area contributed by atoms with Gasteiger partial charge >= 0.3 is 0 Å². The van der Waals surface area contributed by atoms with Gasteiger partial charge in [-0.25, -0.2) is 0 Å². The highest BCUT2D eigenvalue weighted by Crippen LogP contribution is 2.47. The maximum Gasteiger partial charge on any atom is 0.0640 e. The number of anilines is 3. The van der Waals surface area contributed by atoms with Crippen LogP contribution in [0.25, 0.3) is 69.6 Å². The molecule has 10 aromatic rings. The second-order valence-electron chi connectivity index (χ2n) is 12.4. The number of benzene rings is 7. The summed E-state index contributed by atoms with van der Waals surface area (Å²) in [6.07, 6.45) is 3.86. The van der Waals surface area contributed by atoms with E-state index < -0.39 is 0 Å². The first-order chi connectivity index (χ1) is 24.3. The normalized spacial score (nSPS) is 11.7. The predicted octanol–water partition coefficient (Wildman–Crippen LogP) is 12.8. The summed E-state index contributed by atoms with van der Waals surface area (Å²) in [5.74, 6) is 0. The van der Waals surface area contributed by atoms with E-state index in [1.807, 2.05) is 23.7 Å². The fourth-order valence-electron chi connectivity index (χ4n) is 7.40. The standard InChI is InChI=1S/C45H29N3S/c1-3-10-30(11-4-1)31-18-21-34(22-19-31)47(43-17-9-15-38-39-24-20-32-29-46-27-26-36(32)44(39)49-45(38)43)35-23-25-42-40(28-35)37-14-7-8-16-41(37)48(42)33-12-5-2-6-13-33/h1-29H. The summed E-state index contributed by atoms with van der Waals surface area (Å²) in [6.45, 7) is 0. The molecule has 230 valence electrons. The van der Waals surface area contributed by atoms with Crippen LogP contribution >= 0.6 is 11.3 Å². The Morgan fingerprint density at radius 2 is 1.16 bits per heavy atom. The van der Waals surface area contributed by atoms with Gasteiger partial charge in [0, 0.05) is 66.5 Å². The average molecular weight is 644 g/mol. The topological polar surface area (TPSA) is 21.1 Å². The molecule has 0 fully saturated rings. The molecule has 0 saturated carbocycles. The molecule has 0 N–H and O–H groups in total. The molecule has 0 aliphatic heterocycles. The zero-order chi connectivity index (χ0) is 32.3. The van der Waals surface area contributed by atoms with Crippen LogP contribution in [-0.4, -0.2) is 9.55 Å². The Balaban J connectivity index is 1.23. The summed E-state index contributed by atoms with van der Waals surface area (Å²) in [5, 5.41) is 7.42. The molecule has 3 heterocycles. The van der Waals surface area contributed by atoms with E-state index in [2.05, 4.69) is 178 Å². The Morgan fingerprint density at radius 1 is 0.469 bits per heavy atom. The average Bonchev–Trinajstić information content (AvgIpc) is 3.73.